The highest BCUT2D eigenvalue weighted by atomic mass is 79.9. The monoisotopic (exact) mass is 416 g/mol. The number of halogens is 1. The molecule has 0 aromatic heterocycles. The van der Waals surface area contributed by atoms with Crippen LogP contribution in [-0.4, -0.2) is 43.2 Å². The number of carbonyl (C=O) groups excluding carboxylic acids is 1. The third-order valence-electron chi connectivity index (χ3n) is 5.10. The molecule has 1 aliphatic rings. The van der Waals surface area contributed by atoms with Crippen molar-refractivity contribution < 1.29 is 9.53 Å². The minimum Gasteiger partial charge on any atom is -0.467 e. The third kappa shape index (κ3) is 4.46. The Morgan fingerprint density at radius 3 is 2.42 bits per heavy atom. The van der Waals surface area contributed by atoms with E-state index in [4.69, 9.17) is 4.74 Å². The molecule has 0 radical (unpaired) electrons. The van der Waals surface area contributed by atoms with Crippen molar-refractivity contribution >= 4 is 27.6 Å². The Balaban J connectivity index is 1.61. The first-order chi connectivity index (χ1) is 12.6. The smallest absolute Gasteiger partial charge is 0.331 e. The van der Waals surface area contributed by atoms with Gasteiger partial charge in [-0.3, -0.25) is 0 Å². The van der Waals surface area contributed by atoms with Crippen LogP contribution in [0.5, 0.6) is 0 Å². The zero-order valence-electron chi connectivity index (χ0n) is 15.1. The van der Waals surface area contributed by atoms with Crippen LogP contribution in [0.25, 0.3) is 0 Å². The second kappa shape index (κ2) is 8.69. The zero-order valence-corrected chi connectivity index (χ0v) is 16.7. The van der Waals surface area contributed by atoms with E-state index in [2.05, 4.69) is 44.3 Å². The molecule has 1 fully saturated rings. The maximum Gasteiger partial charge on any atom is 0.331 e. The van der Waals surface area contributed by atoms with E-state index < -0.39 is 5.54 Å². The lowest BCUT2D eigenvalue weighted by molar-refractivity contribution is -0.147. The SMILES string of the molecule is COC(=O)C1(Nc2ccccc2)CCN(CCc2ccccc2Br)CC1. The molecule has 2 aromatic carbocycles. The summed E-state index contributed by atoms with van der Waals surface area (Å²) in [7, 11) is 1.47. The fourth-order valence-electron chi connectivity index (χ4n) is 3.51. The first-order valence-corrected chi connectivity index (χ1v) is 9.80. The second-order valence-corrected chi connectivity index (χ2v) is 7.60. The first kappa shape index (κ1) is 18.9. The number of hydrogen-bond donors (Lipinski definition) is 1. The van der Waals surface area contributed by atoms with Gasteiger partial charge in [-0.2, -0.15) is 0 Å². The number of benzene rings is 2. The van der Waals surface area contributed by atoms with Crippen molar-refractivity contribution in [1.29, 1.82) is 0 Å². The average Bonchev–Trinajstić information content (AvgIpc) is 2.68. The van der Waals surface area contributed by atoms with Gasteiger partial charge in [0.05, 0.1) is 7.11 Å². The summed E-state index contributed by atoms with van der Waals surface area (Å²) in [6.07, 6.45) is 2.48. The molecule has 0 amide bonds. The van der Waals surface area contributed by atoms with Crippen LogP contribution in [0, 0.1) is 0 Å². The van der Waals surface area contributed by atoms with Gasteiger partial charge in [0.15, 0.2) is 0 Å². The lowest BCUT2D eigenvalue weighted by Gasteiger charge is -2.40. The van der Waals surface area contributed by atoms with Gasteiger partial charge in [0.25, 0.3) is 0 Å². The van der Waals surface area contributed by atoms with Gasteiger partial charge >= 0.3 is 5.97 Å². The molecule has 1 aliphatic heterocycles. The van der Waals surface area contributed by atoms with E-state index >= 15 is 0 Å². The Hall–Kier alpha value is -1.85. The molecule has 138 valence electrons. The number of hydrogen-bond acceptors (Lipinski definition) is 4. The fourth-order valence-corrected chi connectivity index (χ4v) is 3.99. The van der Waals surface area contributed by atoms with E-state index in [1.54, 1.807) is 0 Å². The molecule has 0 unspecified atom stereocenters. The molecular weight excluding hydrogens is 392 g/mol. The fraction of sp³-hybridized carbons (Fsp3) is 0.381. The van der Waals surface area contributed by atoms with Crippen LogP contribution in [0.2, 0.25) is 0 Å². The molecule has 3 rings (SSSR count). The summed E-state index contributed by atoms with van der Waals surface area (Å²) in [6.45, 7) is 2.74. The molecule has 0 atom stereocenters. The van der Waals surface area contributed by atoms with Gasteiger partial charge in [0, 0.05) is 29.8 Å². The average molecular weight is 417 g/mol. The summed E-state index contributed by atoms with van der Waals surface area (Å²) in [5.74, 6) is -0.174. The number of ether oxygens (including phenoxy) is 1. The topological polar surface area (TPSA) is 41.6 Å². The minimum absolute atomic E-state index is 0.174. The summed E-state index contributed by atoms with van der Waals surface area (Å²) in [5, 5.41) is 3.44. The van der Waals surface area contributed by atoms with Crippen LogP contribution in [0.4, 0.5) is 5.69 Å². The van der Waals surface area contributed by atoms with Crippen molar-refractivity contribution in [2.75, 3.05) is 32.1 Å². The molecule has 2 aromatic rings. The number of methoxy groups -OCH3 is 1. The number of piperidine rings is 1. The Kier molecular flexibility index (Phi) is 6.33. The Labute approximate surface area is 163 Å². The number of rotatable bonds is 6. The molecule has 1 N–H and O–H groups in total. The van der Waals surface area contributed by atoms with Gasteiger partial charge in [-0.15, -0.1) is 0 Å². The molecular formula is C21H25BrN2O2. The lowest BCUT2D eigenvalue weighted by Crippen LogP contribution is -2.55. The Bertz CT molecular complexity index is 728. The van der Waals surface area contributed by atoms with Crippen molar-refractivity contribution in [1.82, 2.24) is 4.90 Å². The summed E-state index contributed by atoms with van der Waals surface area (Å²) in [5.41, 5.74) is 1.64. The highest BCUT2D eigenvalue weighted by Crippen LogP contribution is 2.29. The highest BCUT2D eigenvalue weighted by molar-refractivity contribution is 9.10. The molecule has 26 heavy (non-hydrogen) atoms. The van der Waals surface area contributed by atoms with Gasteiger partial charge in [0.1, 0.15) is 5.54 Å². The highest BCUT2D eigenvalue weighted by Gasteiger charge is 2.42. The van der Waals surface area contributed by atoms with E-state index in [9.17, 15) is 4.79 Å². The van der Waals surface area contributed by atoms with Crippen molar-refractivity contribution in [3.05, 3.63) is 64.6 Å². The maximum atomic E-state index is 12.5. The normalized spacial score (nSPS) is 16.8. The van der Waals surface area contributed by atoms with Gasteiger partial charge in [-0.1, -0.05) is 52.3 Å². The predicted octanol–water partition coefficient (Wildman–Crippen LogP) is 4.11. The van der Waals surface area contributed by atoms with Gasteiger partial charge in [0.2, 0.25) is 0 Å². The van der Waals surface area contributed by atoms with Crippen LogP contribution in [-0.2, 0) is 16.0 Å². The van der Waals surface area contributed by atoms with E-state index in [-0.39, 0.29) is 5.97 Å². The molecule has 0 aliphatic carbocycles. The summed E-state index contributed by atoms with van der Waals surface area (Å²) in [6, 6.07) is 18.2. The van der Waals surface area contributed by atoms with Crippen LogP contribution >= 0.6 is 15.9 Å². The van der Waals surface area contributed by atoms with Gasteiger partial charge in [-0.05, 0) is 43.0 Å². The largest absolute Gasteiger partial charge is 0.467 e. The third-order valence-corrected chi connectivity index (χ3v) is 5.87. The quantitative estimate of drug-likeness (QED) is 0.719. The lowest BCUT2D eigenvalue weighted by atomic mass is 9.86. The van der Waals surface area contributed by atoms with Crippen LogP contribution in [0.1, 0.15) is 18.4 Å². The van der Waals surface area contributed by atoms with Crippen LogP contribution in [0.15, 0.2) is 59.1 Å². The van der Waals surface area contributed by atoms with E-state index in [1.807, 2.05) is 36.4 Å². The Morgan fingerprint density at radius 2 is 1.77 bits per heavy atom. The maximum absolute atomic E-state index is 12.5. The Morgan fingerprint density at radius 1 is 1.12 bits per heavy atom. The van der Waals surface area contributed by atoms with Gasteiger partial charge in [-0.25, -0.2) is 4.79 Å². The van der Waals surface area contributed by atoms with Gasteiger partial charge < -0.3 is 15.0 Å². The first-order valence-electron chi connectivity index (χ1n) is 9.00. The standard InChI is InChI=1S/C21H25BrN2O2/c1-26-20(25)21(23-18-8-3-2-4-9-18)12-15-24(16-13-21)14-11-17-7-5-6-10-19(17)22/h2-10,23H,11-16H2,1H3. The minimum atomic E-state index is -0.639. The molecule has 0 saturated carbocycles. The van der Waals surface area contributed by atoms with E-state index in [0.717, 1.165) is 49.1 Å². The number of para-hydroxylation sites is 1. The van der Waals surface area contributed by atoms with Crippen molar-refractivity contribution in [2.24, 2.45) is 0 Å². The summed E-state index contributed by atoms with van der Waals surface area (Å²) in [4.78, 5) is 14.9. The van der Waals surface area contributed by atoms with Crippen molar-refractivity contribution in [3.8, 4) is 0 Å². The zero-order chi connectivity index (χ0) is 18.4. The number of anilines is 1. The molecule has 0 bridgehead atoms. The molecule has 0 spiro atoms. The van der Waals surface area contributed by atoms with Crippen LogP contribution in [0.3, 0.4) is 0 Å². The van der Waals surface area contributed by atoms with Crippen LogP contribution < -0.4 is 5.32 Å². The number of nitrogens with zero attached hydrogens (tertiary/aromatic N) is 1. The summed E-state index contributed by atoms with van der Waals surface area (Å²) >= 11 is 3.62. The number of esters is 1. The molecule has 4 nitrogen and oxygen atoms in total. The van der Waals surface area contributed by atoms with Crippen molar-refractivity contribution in [3.63, 3.8) is 0 Å². The molecule has 1 heterocycles. The number of carbonyl (C=O) groups is 1. The van der Waals surface area contributed by atoms with Crippen molar-refractivity contribution in [2.45, 2.75) is 24.8 Å². The molecule has 5 heteroatoms. The second-order valence-electron chi connectivity index (χ2n) is 6.75. The number of likely N-dealkylation sites (tertiary alicyclic amines) is 1. The van der Waals surface area contributed by atoms with E-state index in [0.29, 0.717) is 0 Å². The summed E-state index contributed by atoms with van der Waals surface area (Å²) < 4.78 is 6.28. The number of nitrogens with one attached hydrogen (secondary N) is 1. The van der Waals surface area contributed by atoms with E-state index in [1.165, 1.54) is 12.7 Å². The molecule has 1 saturated heterocycles. The predicted molar refractivity (Wildman–Crippen MR) is 108 cm³/mol.